The van der Waals surface area contributed by atoms with Crippen molar-refractivity contribution in [2.45, 2.75) is 31.1 Å². The Bertz CT molecular complexity index is 2600. The monoisotopic (exact) mass is 654 g/mol. The van der Waals surface area contributed by atoms with Crippen molar-refractivity contribution in [1.82, 2.24) is 4.57 Å². The molecule has 7 aromatic carbocycles. The molecule has 11 rings (SSSR count). The van der Waals surface area contributed by atoms with Crippen LogP contribution in [0.25, 0.3) is 49.7 Å². The van der Waals surface area contributed by atoms with E-state index >= 15 is 0 Å². The zero-order chi connectivity index (χ0) is 33.5. The molecule has 2 heteroatoms. The molecule has 3 aliphatic carbocycles. The van der Waals surface area contributed by atoms with Crippen molar-refractivity contribution < 1.29 is 0 Å². The van der Waals surface area contributed by atoms with Gasteiger partial charge in [-0.3, -0.25) is 0 Å². The zero-order valence-corrected chi connectivity index (χ0v) is 28.5. The summed E-state index contributed by atoms with van der Waals surface area (Å²) in [6.07, 6.45) is 5.38. The van der Waals surface area contributed by atoms with Gasteiger partial charge in [-0.05, 0) is 125 Å². The van der Waals surface area contributed by atoms with Crippen molar-refractivity contribution in [3.63, 3.8) is 0 Å². The third-order valence-corrected chi connectivity index (χ3v) is 12.5. The van der Waals surface area contributed by atoms with E-state index in [-0.39, 0.29) is 5.41 Å². The minimum absolute atomic E-state index is 0.126. The molecule has 0 aliphatic heterocycles. The quantitative estimate of drug-likeness (QED) is 0.179. The van der Waals surface area contributed by atoms with Gasteiger partial charge in [0.25, 0.3) is 0 Å². The Morgan fingerprint density at radius 1 is 0.490 bits per heavy atom. The van der Waals surface area contributed by atoms with Gasteiger partial charge in [-0.15, -0.1) is 0 Å². The SMILES string of the molecule is c1ccc(-c2ccc(N(c3ccc4c(c3)C3(CC5CCC3C5)c3ccccc3-4)c3ccc4c(c3)c3ccccc3n4-c3ccccc3)cc2)cc1. The molecule has 8 aromatic rings. The fraction of sp³-hybridized carbons (Fsp3) is 0.143. The maximum Gasteiger partial charge on any atom is 0.0542 e. The predicted molar refractivity (Wildman–Crippen MR) is 213 cm³/mol. The van der Waals surface area contributed by atoms with E-state index in [0.717, 1.165) is 11.8 Å². The van der Waals surface area contributed by atoms with E-state index in [9.17, 15) is 0 Å². The maximum absolute atomic E-state index is 2.57. The van der Waals surface area contributed by atoms with Crippen molar-refractivity contribution in [2.24, 2.45) is 11.8 Å². The lowest BCUT2D eigenvalue weighted by Gasteiger charge is -2.37. The molecule has 3 atom stereocenters. The highest BCUT2D eigenvalue weighted by Gasteiger charge is 2.56. The lowest BCUT2D eigenvalue weighted by atomic mass is 9.67. The number of para-hydroxylation sites is 2. The van der Waals surface area contributed by atoms with Gasteiger partial charge < -0.3 is 9.47 Å². The summed E-state index contributed by atoms with van der Waals surface area (Å²) in [5.74, 6) is 1.56. The van der Waals surface area contributed by atoms with E-state index in [4.69, 9.17) is 0 Å². The third-order valence-electron chi connectivity index (χ3n) is 12.5. The second-order valence-corrected chi connectivity index (χ2v) is 15.0. The molecule has 0 N–H and O–H groups in total. The van der Waals surface area contributed by atoms with Gasteiger partial charge in [-0.1, -0.05) is 116 Å². The van der Waals surface area contributed by atoms with E-state index in [2.05, 4.69) is 179 Å². The Hall–Kier alpha value is -5.86. The van der Waals surface area contributed by atoms with Gasteiger partial charge in [-0.2, -0.15) is 0 Å². The van der Waals surface area contributed by atoms with Crippen LogP contribution in [-0.4, -0.2) is 4.57 Å². The van der Waals surface area contributed by atoms with Crippen LogP contribution in [0.5, 0.6) is 0 Å². The van der Waals surface area contributed by atoms with E-state index in [0.29, 0.717) is 0 Å². The maximum atomic E-state index is 2.57. The summed E-state index contributed by atoms with van der Waals surface area (Å²) in [5.41, 5.74) is 15.8. The third kappa shape index (κ3) is 4.23. The molecule has 0 amide bonds. The van der Waals surface area contributed by atoms with Crippen LogP contribution in [-0.2, 0) is 5.41 Å². The van der Waals surface area contributed by atoms with E-state index in [1.54, 1.807) is 11.1 Å². The first-order valence-electron chi connectivity index (χ1n) is 18.5. The summed E-state index contributed by atoms with van der Waals surface area (Å²) in [5, 5.41) is 2.53. The van der Waals surface area contributed by atoms with Gasteiger partial charge >= 0.3 is 0 Å². The molecule has 3 aliphatic rings. The molecular formula is C49H38N2. The van der Waals surface area contributed by atoms with Gasteiger partial charge in [0.1, 0.15) is 0 Å². The average molecular weight is 655 g/mol. The zero-order valence-electron chi connectivity index (χ0n) is 28.5. The first kappa shape index (κ1) is 28.9. The van der Waals surface area contributed by atoms with Crippen molar-refractivity contribution in [1.29, 1.82) is 0 Å². The Labute approximate surface area is 299 Å². The molecule has 2 fully saturated rings. The second kappa shape index (κ2) is 11.1. The topological polar surface area (TPSA) is 8.17 Å². The Morgan fingerprint density at radius 3 is 1.94 bits per heavy atom. The molecule has 0 saturated heterocycles. The molecule has 2 saturated carbocycles. The lowest BCUT2D eigenvalue weighted by Crippen LogP contribution is -2.32. The molecule has 244 valence electrons. The first-order chi connectivity index (χ1) is 25.3. The first-order valence-corrected chi connectivity index (χ1v) is 18.5. The number of aromatic nitrogens is 1. The van der Waals surface area contributed by atoms with Gasteiger partial charge in [0.2, 0.25) is 0 Å². The van der Waals surface area contributed by atoms with Crippen LogP contribution < -0.4 is 4.90 Å². The molecule has 2 bridgehead atoms. The van der Waals surface area contributed by atoms with E-state index < -0.39 is 0 Å². The molecule has 0 radical (unpaired) electrons. The highest BCUT2D eigenvalue weighted by atomic mass is 15.1. The van der Waals surface area contributed by atoms with Crippen LogP contribution in [0.3, 0.4) is 0 Å². The van der Waals surface area contributed by atoms with Crippen molar-refractivity contribution in [3.8, 4) is 27.9 Å². The summed E-state index contributed by atoms with van der Waals surface area (Å²) in [6.45, 7) is 0. The summed E-state index contributed by atoms with van der Waals surface area (Å²) in [6, 6.07) is 63.1. The van der Waals surface area contributed by atoms with E-state index in [1.807, 2.05) is 0 Å². The van der Waals surface area contributed by atoms with Crippen molar-refractivity contribution in [2.75, 3.05) is 4.90 Å². The van der Waals surface area contributed by atoms with Crippen LogP contribution in [0.4, 0.5) is 17.1 Å². The van der Waals surface area contributed by atoms with Crippen molar-refractivity contribution in [3.05, 3.63) is 181 Å². The largest absolute Gasteiger partial charge is 0.310 e. The fourth-order valence-corrected chi connectivity index (χ4v) is 10.4. The molecule has 51 heavy (non-hydrogen) atoms. The number of nitrogens with zero attached hydrogens (tertiary/aromatic N) is 2. The average Bonchev–Trinajstić information content (AvgIpc) is 3.96. The molecule has 3 unspecified atom stereocenters. The molecule has 1 aromatic heterocycles. The minimum Gasteiger partial charge on any atom is -0.310 e. The van der Waals surface area contributed by atoms with Crippen LogP contribution in [0.2, 0.25) is 0 Å². The number of hydrogen-bond donors (Lipinski definition) is 0. The number of anilines is 3. The molecule has 2 nitrogen and oxygen atoms in total. The summed E-state index contributed by atoms with van der Waals surface area (Å²) >= 11 is 0. The number of fused-ring (bicyclic) bond motifs is 11. The van der Waals surface area contributed by atoms with Crippen LogP contribution in [0.15, 0.2) is 170 Å². The van der Waals surface area contributed by atoms with Crippen LogP contribution >= 0.6 is 0 Å². The van der Waals surface area contributed by atoms with Gasteiger partial charge in [0.05, 0.1) is 11.0 Å². The van der Waals surface area contributed by atoms with Crippen molar-refractivity contribution >= 4 is 38.9 Å². The van der Waals surface area contributed by atoms with E-state index in [1.165, 1.54) is 92.5 Å². The van der Waals surface area contributed by atoms with Crippen LogP contribution in [0, 0.1) is 11.8 Å². The molecule has 1 heterocycles. The Morgan fingerprint density at radius 2 is 1.14 bits per heavy atom. The molecule has 1 spiro atoms. The smallest absolute Gasteiger partial charge is 0.0542 e. The highest BCUT2D eigenvalue weighted by Crippen LogP contribution is 2.66. The number of benzene rings is 7. The van der Waals surface area contributed by atoms with Gasteiger partial charge in [0.15, 0.2) is 0 Å². The minimum atomic E-state index is 0.126. The fourth-order valence-electron chi connectivity index (χ4n) is 10.4. The normalized spacial score (nSPS) is 19.9. The molecular weight excluding hydrogens is 617 g/mol. The standard InChI is InChI=1S/C49H38N2/c1-3-11-34(12-4-1)35-20-23-38(24-21-35)50(39-26-28-48-44(30-39)43-16-8-10-18-47(43)51(48)37-13-5-2-6-14-37)40-25-27-42-41-15-7-9-17-45(41)49(46(42)31-40)32-33-19-22-36(49)29-33/h1-18,20-21,23-28,30-31,33,36H,19,22,29,32H2. The number of hydrogen-bond acceptors (Lipinski definition) is 1. The van der Waals surface area contributed by atoms with Gasteiger partial charge in [-0.25, -0.2) is 0 Å². The highest BCUT2D eigenvalue weighted by molar-refractivity contribution is 6.10. The summed E-state index contributed by atoms with van der Waals surface area (Å²) in [7, 11) is 0. The summed E-state index contributed by atoms with van der Waals surface area (Å²) < 4.78 is 2.40. The predicted octanol–water partition coefficient (Wildman–Crippen LogP) is 13.0. The Kier molecular flexibility index (Phi) is 6.28. The van der Waals surface area contributed by atoms with Crippen LogP contribution in [0.1, 0.15) is 36.8 Å². The number of rotatable bonds is 5. The summed E-state index contributed by atoms with van der Waals surface area (Å²) in [4.78, 5) is 2.49. The Balaban J connectivity index is 1.12. The van der Waals surface area contributed by atoms with Gasteiger partial charge in [0, 0.05) is 38.9 Å². The lowest BCUT2D eigenvalue weighted by molar-refractivity contribution is 0.327. The second-order valence-electron chi connectivity index (χ2n) is 15.0.